The summed E-state index contributed by atoms with van der Waals surface area (Å²) in [5, 5.41) is 0. The third-order valence-electron chi connectivity index (χ3n) is 3.13. The summed E-state index contributed by atoms with van der Waals surface area (Å²) in [6, 6.07) is 0. The van der Waals surface area contributed by atoms with E-state index in [1.807, 2.05) is 4.90 Å². The van der Waals surface area contributed by atoms with Crippen molar-refractivity contribution in [3.8, 4) is 0 Å². The molecule has 0 aromatic rings. The van der Waals surface area contributed by atoms with Gasteiger partial charge in [-0.2, -0.15) is 0 Å². The van der Waals surface area contributed by atoms with Crippen molar-refractivity contribution in [2.24, 2.45) is 29.4 Å². The molecular weight excluding hydrogens is 236 g/mol. The van der Waals surface area contributed by atoms with Crippen molar-refractivity contribution in [1.29, 1.82) is 0 Å². The summed E-state index contributed by atoms with van der Waals surface area (Å²) < 4.78 is 0. The van der Waals surface area contributed by atoms with Gasteiger partial charge in [0.25, 0.3) is 0 Å². The van der Waals surface area contributed by atoms with Crippen LogP contribution in [0.5, 0.6) is 0 Å². The highest BCUT2D eigenvalue weighted by molar-refractivity contribution is 5.76. The van der Waals surface area contributed by atoms with Crippen molar-refractivity contribution in [3.05, 3.63) is 0 Å². The predicted molar refractivity (Wildman–Crippen MR) is 82.9 cm³/mol. The van der Waals surface area contributed by atoms with Gasteiger partial charge in [-0.3, -0.25) is 4.79 Å². The average molecular weight is 270 g/mol. The molecule has 0 fully saturated rings. The molecule has 0 aromatic heterocycles. The molecule has 0 bridgehead atoms. The fourth-order valence-electron chi connectivity index (χ4n) is 2.47. The van der Waals surface area contributed by atoms with Crippen molar-refractivity contribution >= 4 is 5.91 Å². The van der Waals surface area contributed by atoms with E-state index in [1.54, 1.807) is 0 Å². The van der Waals surface area contributed by atoms with Crippen LogP contribution in [0.15, 0.2) is 0 Å². The second-order valence-corrected chi connectivity index (χ2v) is 7.02. The second-order valence-electron chi connectivity index (χ2n) is 7.02. The molecule has 3 nitrogen and oxygen atoms in total. The van der Waals surface area contributed by atoms with Gasteiger partial charge in [0.1, 0.15) is 0 Å². The first kappa shape index (κ1) is 18.4. The van der Waals surface area contributed by atoms with Gasteiger partial charge in [0.15, 0.2) is 0 Å². The predicted octanol–water partition coefficient (Wildman–Crippen LogP) is 3.14. The van der Waals surface area contributed by atoms with Gasteiger partial charge in [-0.25, -0.2) is 0 Å². The van der Waals surface area contributed by atoms with Crippen molar-refractivity contribution in [3.63, 3.8) is 0 Å². The van der Waals surface area contributed by atoms with Crippen LogP contribution >= 0.6 is 0 Å². The Labute approximate surface area is 119 Å². The summed E-state index contributed by atoms with van der Waals surface area (Å²) in [4.78, 5) is 14.5. The normalized spacial score (nSPS) is 13.4. The second kappa shape index (κ2) is 9.35. The van der Waals surface area contributed by atoms with E-state index in [2.05, 4.69) is 41.5 Å². The molecule has 0 aliphatic carbocycles. The van der Waals surface area contributed by atoms with Crippen LogP contribution in [0.25, 0.3) is 0 Å². The summed E-state index contributed by atoms with van der Waals surface area (Å²) in [6.45, 7) is 15.3. The number of carbonyl (C=O) groups excluding carboxylic acids is 1. The first-order valence-electron chi connectivity index (χ1n) is 7.74. The molecule has 19 heavy (non-hydrogen) atoms. The molecule has 0 aliphatic heterocycles. The van der Waals surface area contributed by atoms with Crippen molar-refractivity contribution in [2.45, 2.75) is 54.4 Å². The van der Waals surface area contributed by atoms with E-state index in [0.29, 0.717) is 36.6 Å². The Morgan fingerprint density at radius 3 is 1.74 bits per heavy atom. The Kier molecular flexibility index (Phi) is 9.07. The molecule has 0 spiro atoms. The van der Waals surface area contributed by atoms with Gasteiger partial charge in [0.2, 0.25) is 5.91 Å². The fourth-order valence-corrected chi connectivity index (χ4v) is 2.47. The van der Waals surface area contributed by atoms with Gasteiger partial charge in [0, 0.05) is 19.5 Å². The zero-order valence-electron chi connectivity index (χ0n) is 13.8. The summed E-state index contributed by atoms with van der Waals surface area (Å²) in [6.07, 6.45) is 1.65. The van der Waals surface area contributed by atoms with Crippen LogP contribution < -0.4 is 5.73 Å². The number of carbonyl (C=O) groups is 1. The lowest BCUT2D eigenvalue weighted by atomic mass is 9.93. The standard InChI is InChI=1S/C16H34N2O/c1-12(2)7-15(9-17)8-16(19)18(10-13(3)4)11-14(5)6/h12-15H,7-11,17H2,1-6H3/t15-/m0/s1. The van der Waals surface area contributed by atoms with Gasteiger partial charge in [-0.15, -0.1) is 0 Å². The molecule has 0 saturated carbocycles. The minimum absolute atomic E-state index is 0.276. The summed E-state index contributed by atoms with van der Waals surface area (Å²) in [7, 11) is 0. The number of nitrogens with zero attached hydrogens (tertiary/aromatic N) is 1. The van der Waals surface area contributed by atoms with E-state index in [1.165, 1.54) is 0 Å². The van der Waals surface area contributed by atoms with Crippen LogP contribution in [0.3, 0.4) is 0 Å². The quantitative estimate of drug-likeness (QED) is 0.699. The first-order valence-corrected chi connectivity index (χ1v) is 7.74. The fraction of sp³-hybridized carbons (Fsp3) is 0.938. The largest absolute Gasteiger partial charge is 0.342 e. The molecular formula is C16H34N2O. The summed E-state index contributed by atoms with van der Waals surface area (Å²) in [5.41, 5.74) is 5.80. The van der Waals surface area contributed by atoms with E-state index in [-0.39, 0.29) is 5.91 Å². The van der Waals surface area contributed by atoms with Crippen LogP contribution in [-0.4, -0.2) is 30.4 Å². The molecule has 0 saturated heterocycles. The molecule has 0 unspecified atom stereocenters. The Balaban J connectivity index is 4.51. The first-order chi connectivity index (χ1) is 8.76. The molecule has 0 heterocycles. The van der Waals surface area contributed by atoms with Crippen LogP contribution in [0.2, 0.25) is 0 Å². The van der Waals surface area contributed by atoms with Gasteiger partial charge < -0.3 is 10.6 Å². The van der Waals surface area contributed by atoms with Crippen LogP contribution in [-0.2, 0) is 4.79 Å². The number of nitrogens with two attached hydrogens (primary N) is 1. The highest BCUT2D eigenvalue weighted by Crippen LogP contribution is 2.16. The Hall–Kier alpha value is -0.570. The highest BCUT2D eigenvalue weighted by Gasteiger charge is 2.20. The molecule has 0 aliphatic rings. The zero-order chi connectivity index (χ0) is 15.0. The maximum Gasteiger partial charge on any atom is 0.222 e. The smallest absolute Gasteiger partial charge is 0.222 e. The Morgan fingerprint density at radius 1 is 0.947 bits per heavy atom. The van der Waals surface area contributed by atoms with E-state index >= 15 is 0 Å². The molecule has 0 aromatic carbocycles. The molecule has 114 valence electrons. The van der Waals surface area contributed by atoms with Crippen molar-refractivity contribution < 1.29 is 4.79 Å². The van der Waals surface area contributed by atoms with Crippen LogP contribution in [0.1, 0.15) is 54.4 Å². The highest BCUT2D eigenvalue weighted by atomic mass is 16.2. The lowest BCUT2D eigenvalue weighted by Crippen LogP contribution is -2.38. The third kappa shape index (κ3) is 9.04. The molecule has 2 N–H and O–H groups in total. The molecule has 1 atom stereocenters. The number of hydrogen-bond acceptors (Lipinski definition) is 2. The van der Waals surface area contributed by atoms with Crippen LogP contribution in [0.4, 0.5) is 0 Å². The molecule has 1 amide bonds. The van der Waals surface area contributed by atoms with Gasteiger partial charge >= 0.3 is 0 Å². The van der Waals surface area contributed by atoms with E-state index < -0.39 is 0 Å². The third-order valence-corrected chi connectivity index (χ3v) is 3.13. The van der Waals surface area contributed by atoms with Crippen molar-refractivity contribution in [1.82, 2.24) is 4.90 Å². The van der Waals surface area contributed by atoms with Crippen LogP contribution in [0, 0.1) is 23.7 Å². The van der Waals surface area contributed by atoms with E-state index in [0.717, 1.165) is 19.5 Å². The summed E-state index contributed by atoms with van der Waals surface area (Å²) >= 11 is 0. The Morgan fingerprint density at radius 2 is 1.42 bits per heavy atom. The molecule has 0 radical (unpaired) electrons. The topological polar surface area (TPSA) is 46.3 Å². The number of hydrogen-bond donors (Lipinski definition) is 1. The van der Waals surface area contributed by atoms with Gasteiger partial charge in [0.05, 0.1) is 0 Å². The summed E-state index contributed by atoms with van der Waals surface area (Å²) in [5.74, 6) is 2.24. The van der Waals surface area contributed by atoms with E-state index in [4.69, 9.17) is 5.73 Å². The van der Waals surface area contributed by atoms with Crippen molar-refractivity contribution in [2.75, 3.05) is 19.6 Å². The minimum Gasteiger partial charge on any atom is -0.342 e. The zero-order valence-corrected chi connectivity index (χ0v) is 13.8. The maximum absolute atomic E-state index is 12.4. The van der Waals surface area contributed by atoms with E-state index in [9.17, 15) is 4.79 Å². The number of amides is 1. The maximum atomic E-state index is 12.4. The molecule has 3 heteroatoms. The van der Waals surface area contributed by atoms with Gasteiger partial charge in [-0.05, 0) is 36.6 Å². The molecule has 0 rings (SSSR count). The number of rotatable bonds is 9. The average Bonchev–Trinajstić information content (AvgIpc) is 2.25. The SMILES string of the molecule is CC(C)C[C@H](CN)CC(=O)N(CC(C)C)CC(C)C. The van der Waals surface area contributed by atoms with Gasteiger partial charge in [-0.1, -0.05) is 41.5 Å². The lowest BCUT2D eigenvalue weighted by molar-refractivity contribution is -0.133. The Bertz CT molecular complexity index is 239. The lowest BCUT2D eigenvalue weighted by Gasteiger charge is -2.28. The minimum atomic E-state index is 0.276. The monoisotopic (exact) mass is 270 g/mol.